The molecule has 1 saturated carbocycles. The van der Waals surface area contributed by atoms with Crippen molar-refractivity contribution in [1.29, 1.82) is 0 Å². The first-order valence-electron chi connectivity index (χ1n) is 7.44. The molecule has 2 aliphatic rings. The van der Waals surface area contributed by atoms with E-state index in [4.69, 9.17) is 0 Å². The van der Waals surface area contributed by atoms with Gasteiger partial charge in [0.2, 0.25) is 11.8 Å². The minimum atomic E-state index is -0.618. The zero-order valence-electron chi connectivity index (χ0n) is 12.6. The molecule has 7 nitrogen and oxygen atoms in total. The molecule has 2 rings (SSSR count). The van der Waals surface area contributed by atoms with Gasteiger partial charge < -0.3 is 15.0 Å². The van der Waals surface area contributed by atoms with Gasteiger partial charge in [0.05, 0.1) is 20.1 Å². The highest BCUT2D eigenvalue weighted by Crippen LogP contribution is 2.26. The molecule has 0 aromatic carbocycles. The minimum absolute atomic E-state index is 0.0227. The minimum Gasteiger partial charge on any atom is -0.469 e. The summed E-state index contributed by atoms with van der Waals surface area (Å²) in [7, 11) is 1.30. The standard InChI is InChI=1S/C14H23N3O4/c1-3-17(10-4-5-10)12(18)9-16-7-6-15-14(20)11(16)8-13(19)21-2/h10-11H,3-9H2,1-2H3,(H,15,20)/t11-/m0/s1. The monoisotopic (exact) mass is 297 g/mol. The second kappa shape index (κ2) is 6.89. The Morgan fingerprint density at radius 2 is 2.14 bits per heavy atom. The van der Waals surface area contributed by atoms with E-state index in [-0.39, 0.29) is 24.8 Å². The van der Waals surface area contributed by atoms with Crippen LogP contribution in [0, 0.1) is 0 Å². The number of carbonyl (C=O) groups is 3. The highest BCUT2D eigenvalue weighted by molar-refractivity contribution is 5.88. The molecule has 0 spiro atoms. The maximum Gasteiger partial charge on any atom is 0.307 e. The maximum absolute atomic E-state index is 12.4. The Bertz CT molecular complexity index is 422. The molecular weight excluding hydrogens is 274 g/mol. The predicted molar refractivity (Wildman–Crippen MR) is 75.4 cm³/mol. The molecule has 1 saturated heterocycles. The van der Waals surface area contributed by atoms with E-state index in [2.05, 4.69) is 10.1 Å². The smallest absolute Gasteiger partial charge is 0.307 e. The fourth-order valence-corrected chi connectivity index (χ4v) is 2.70. The molecule has 7 heteroatoms. The molecule has 0 aromatic rings. The summed E-state index contributed by atoms with van der Waals surface area (Å²) in [5.74, 6) is -0.623. The summed E-state index contributed by atoms with van der Waals surface area (Å²) < 4.78 is 4.63. The number of nitrogens with one attached hydrogen (secondary N) is 1. The van der Waals surface area contributed by atoms with Crippen molar-refractivity contribution >= 4 is 17.8 Å². The zero-order valence-corrected chi connectivity index (χ0v) is 12.6. The summed E-state index contributed by atoms with van der Waals surface area (Å²) in [6.07, 6.45) is 2.10. The van der Waals surface area contributed by atoms with Crippen LogP contribution < -0.4 is 5.32 Å². The number of amides is 2. The van der Waals surface area contributed by atoms with Crippen LogP contribution in [-0.4, -0.2) is 73.0 Å². The topological polar surface area (TPSA) is 79.0 Å². The molecule has 2 fully saturated rings. The largest absolute Gasteiger partial charge is 0.469 e. The van der Waals surface area contributed by atoms with Crippen molar-refractivity contribution < 1.29 is 19.1 Å². The van der Waals surface area contributed by atoms with Crippen molar-refractivity contribution in [3.05, 3.63) is 0 Å². The van der Waals surface area contributed by atoms with E-state index in [1.54, 1.807) is 4.90 Å². The number of ether oxygens (including phenoxy) is 1. The summed E-state index contributed by atoms with van der Waals surface area (Å²) in [5.41, 5.74) is 0. The van der Waals surface area contributed by atoms with Crippen molar-refractivity contribution in [3.8, 4) is 0 Å². The van der Waals surface area contributed by atoms with Gasteiger partial charge in [-0.3, -0.25) is 19.3 Å². The Morgan fingerprint density at radius 3 is 2.71 bits per heavy atom. The summed E-state index contributed by atoms with van der Waals surface area (Å²) in [6.45, 7) is 3.90. The number of likely N-dealkylation sites (N-methyl/N-ethyl adjacent to an activating group) is 1. The maximum atomic E-state index is 12.4. The van der Waals surface area contributed by atoms with E-state index in [0.717, 1.165) is 12.8 Å². The van der Waals surface area contributed by atoms with Crippen LogP contribution >= 0.6 is 0 Å². The quantitative estimate of drug-likeness (QED) is 0.660. The van der Waals surface area contributed by atoms with E-state index in [1.807, 2.05) is 11.8 Å². The van der Waals surface area contributed by atoms with Crippen molar-refractivity contribution in [2.24, 2.45) is 0 Å². The summed E-state index contributed by atoms with van der Waals surface area (Å²) in [4.78, 5) is 39.4. The van der Waals surface area contributed by atoms with Gasteiger partial charge >= 0.3 is 5.97 Å². The van der Waals surface area contributed by atoms with Crippen molar-refractivity contribution in [3.63, 3.8) is 0 Å². The third-order valence-electron chi connectivity index (χ3n) is 4.02. The summed E-state index contributed by atoms with van der Waals surface area (Å²) >= 11 is 0. The number of hydrogen-bond donors (Lipinski definition) is 1. The SMILES string of the molecule is CCN(C(=O)CN1CCNC(=O)[C@@H]1CC(=O)OC)C1CC1. The van der Waals surface area contributed by atoms with Gasteiger partial charge in [-0.25, -0.2) is 0 Å². The molecule has 1 aliphatic heterocycles. The van der Waals surface area contributed by atoms with Crippen LogP contribution in [0.2, 0.25) is 0 Å². The third kappa shape index (κ3) is 3.93. The first-order valence-corrected chi connectivity index (χ1v) is 7.44. The molecule has 1 N–H and O–H groups in total. The van der Waals surface area contributed by atoms with Crippen LogP contribution in [0.4, 0.5) is 0 Å². The Hall–Kier alpha value is -1.63. The molecule has 0 unspecified atom stereocenters. The number of hydrogen-bond acceptors (Lipinski definition) is 5. The van der Waals surface area contributed by atoms with Gasteiger partial charge in [-0.15, -0.1) is 0 Å². The van der Waals surface area contributed by atoms with Crippen molar-refractivity contribution in [2.45, 2.75) is 38.3 Å². The number of esters is 1. The lowest BCUT2D eigenvalue weighted by molar-refractivity contribution is -0.147. The zero-order chi connectivity index (χ0) is 15.4. The lowest BCUT2D eigenvalue weighted by atomic mass is 10.1. The molecule has 0 radical (unpaired) electrons. The molecule has 1 aliphatic carbocycles. The Kier molecular flexibility index (Phi) is 5.17. The van der Waals surface area contributed by atoms with Crippen LogP contribution in [0.15, 0.2) is 0 Å². The third-order valence-corrected chi connectivity index (χ3v) is 4.02. The van der Waals surface area contributed by atoms with Crippen LogP contribution in [-0.2, 0) is 19.1 Å². The normalized spacial score (nSPS) is 22.6. The van der Waals surface area contributed by atoms with Gasteiger partial charge in [0.15, 0.2) is 0 Å². The number of piperazine rings is 1. The lowest BCUT2D eigenvalue weighted by Crippen LogP contribution is -2.58. The fourth-order valence-electron chi connectivity index (χ4n) is 2.70. The number of nitrogens with zero attached hydrogens (tertiary/aromatic N) is 2. The van der Waals surface area contributed by atoms with E-state index in [0.29, 0.717) is 25.7 Å². The molecule has 1 atom stereocenters. The number of methoxy groups -OCH3 is 1. The van der Waals surface area contributed by atoms with Gasteiger partial charge in [-0.1, -0.05) is 0 Å². The molecule has 1 heterocycles. The first-order chi connectivity index (χ1) is 10.1. The second-order valence-electron chi connectivity index (χ2n) is 5.47. The van der Waals surface area contributed by atoms with Gasteiger partial charge in [-0.05, 0) is 19.8 Å². The average Bonchev–Trinajstić information content (AvgIpc) is 3.28. The van der Waals surface area contributed by atoms with E-state index < -0.39 is 12.0 Å². The molecule has 0 aromatic heterocycles. The molecular formula is C14H23N3O4. The summed E-state index contributed by atoms with van der Waals surface area (Å²) in [6, 6.07) is -0.256. The highest BCUT2D eigenvalue weighted by Gasteiger charge is 2.36. The predicted octanol–water partition coefficient (Wildman–Crippen LogP) is -0.639. The number of rotatable bonds is 6. The van der Waals surface area contributed by atoms with E-state index >= 15 is 0 Å². The van der Waals surface area contributed by atoms with E-state index in [9.17, 15) is 14.4 Å². The fraction of sp³-hybridized carbons (Fsp3) is 0.786. The lowest BCUT2D eigenvalue weighted by Gasteiger charge is -2.35. The van der Waals surface area contributed by atoms with E-state index in [1.165, 1.54) is 7.11 Å². The highest BCUT2D eigenvalue weighted by atomic mass is 16.5. The Balaban J connectivity index is 1.98. The van der Waals surface area contributed by atoms with Crippen molar-refractivity contribution in [2.75, 3.05) is 33.3 Å². The average molecular weight is 297 g/mol. The second-order valence-corrected chi connectivity index (χ2v) is 5.47. The molecule has 2 amide bonds. The van der Waals surface area contributed by atoms with Gasteiger partial charge in [0, 0.05) is 25.7 Å². The summed E-state index contributed by atoms with van der Waals surface area (Å²) in [5, 5.41) is 2.73. The van der Waals surface area contributed by atoms with Crippen molar-refractivity contribution in [1.82, 2.24) is 15.1 Å². The Morgan fingerprint density at radius 1 is 1.43 bits per heavy atom. The Labute approximate surface area is 124 Å². The van der Waals surface area contributed by atoms with Gasteiger partial charge in [0.1, 0.15) is 6.04 Å². The van der Waals surface area contributed by atoms with Gasteiger partial charge in [0.25, 0.3) is 0 Å². The van der Waals surface area contributed by atoms with Crippen LogP contribution in [0.25, 0.3) is 0 Å². The van der Waals surface area contributed by atoms with Crippen LogP contribution in [0.5, 0.6) is 0 Å². The number of carbonyl (C=O) groups excluding carboxylic acids is 3. The molecule has 21 heavy (non-hydrogen) atoms. The van der Waals surface area contributed by atoms with Gasteiger partial charge in [-0.2, -0.15) is 0 Å². The molecule has 118 valence electrons. The van der Waals surface area contributed by atoms with Crippen LogP contribution in [0.3, 0.4) is 0 Å². The molecule has 0 bridgehead atoms. The van der Waals surface area contributed by atoms with Crippen LogP contribution in [0.1, 0.15) is 26.2 Å². The first kappa shape index (κ1) is 15.8.